The Kier molecular flexibility index (Phi) is 6.01. The molecule has 0 aromatic heterocycles. The molecule has 2 atom stereocenters. The zero-order valence-electron chi connectivity index (χ0n) is 13.0. The topological polar surface area (TPSA) is 113 Å². The number of hydrogen-bond acceptors (Lipinski definition) is 6. The molecule has 8 heteroatoms. The minimum absolute atomic E-state index is 0.00153. The number of nitrogens with zero attached hydrogens (tertiary/aromatic N) is 2. The zero-order valence-corrected chi connectivity index (χ0v) is 13.0. The summed E-state index contributed by atoms with van der Waals surface area (Å²) < 4.78 is 5.05. The molecule has 0 aromatic rings. The Morgan fingerprint density at radius 1 is 1.19 bits per heavy atom. The third kappa shape index (κ3) is 4.51. The molecule has 0 saturated carbocycles. The highest BCUT2D eigenvalue weighted by atomic mass is 16.6. The third-order valence-corrected chi connectivity index (χ3v) is 3.93. The van der Waals surface area contributed by atoms with Crippen molar-refractivity contribution in [3.8, 4) is 0 Å². The first-order chi connectivity index (χ1) is 9.37. The minimum Gasteiger partial charge on any atom is -0.452 e. The van der Waals surface area contributed by atoms with Crippen LogP contribution in [-0.2, 0) is 9.53 Å². The predicted molar refractivity (Wildman–Crippen MR) is 76.0 cm³/mol. The van der Waals surface area contributed by atoms with Gasteiger partial charge in [0, 0.05) is 56.0 Å². The number of esters is 1. The zero-order chi connectivity index (χ0) is 17.0. The fourth-order valence-corrected chi connectivity index (χ4v) is 1.58. The van der Waals surface area contributed by atoms with Crippen LogP contribution in [0.15, 0.2) is 12.7 Å². The number of hydrogen-bond donors (Lipinski definition) is 0. The summed E-state index contributed by atoms with van der Waals surface area (Å²) in [6.07, 6.45) is -0.180. The van der Waals surface area contributed by atoms with Crippen molar-refractivity contribution in [3.63, 3.8) is 0 Å². The number of carbonyl (C=O) groups is 1. The number of nitro groups is 2. The van der Waals surface area contributed by atoms with E-state index in [1.807, 2.05) is 0 Å². The molecule has 0 rings (SSSR count). The van der Waals surface area contributed by atoms with Crippen LogP contribution < -0.4 is 0 Å². The van der Waals surface area contributed by atoms with Crippen LogP contribution in [0.2, 0.25) is 0 Å². The van der Waals surface area contributed by atoms with E-state index in [4.69, 9.17) is 4.74 Å². The Bertz CT molecular complexity index is 444. The molecule has 120 valence electrons. The summed E-state index contributed by atoms with van der Waals surface area (Å²) in [5.74, 6) is -1.32. The van der Waals surface area contributed by atoms with Crippen molar-refractivity contribution in [2.45, 2.75) is 58.2 Å². The molecule has 0 aromatic carbocycles. The lowest BCUT2D eigenvalue weighted by Crippen LogP contribution is -2.49. The van der Waals surface area contributed by atoms with E-state index in [0.717, 1.165) is 6.08 Å². The first kappa shape index (κ1) is 19.0. The molecule has 21 heavy (non-hydrogen) atoms. The molecular formula is C13H22N2O6. The van der Waals surface area contributed by atoms with Gasteiger partial charge < -0.3 is 4.74 Å². The lowest BCUT2D eigenvalue weighted by molar-refractivity contribution is -0.580. The summed E-state index contributed by atoms with van der Waals surface area (Å²) in [6, 6.07) is 0. The standard InChI is InChI=1S/C13H22N2O6/c1-7-11(16)21-10(13(5,6)15(19)20)8-9(2)12(3,4)14(17)18/h7,9-10H,1,8H2,2-6H3. The van der Waals surface area contributed by atoms with Crippen LogP contribution in [0.1, 0.15) is 41.0 Å². The maximum Gasteiger partial charge on any atom is 0.330 e. The van der Waals surface area contributed by atoms with Gasteiger partial charge in [0.15, 0.2) is 6.10 Å². The van der Waals surface area contributed by atoms with Crippen molar-refractivity contribution in [2.75, 3.05) is 0 Å². The number of rotatable bonds is 8. The van der Waals surface area contributed by atoms with E-state index in [1.54, 1.807) is 6.92 Å². The fourth-order valence-electron chi connectivity index (χ4n) is 1.58. The Labute approximate surface area is 123 Å². The van der Waals surface area contributed by atoms with Crippen molar-refractivity contribution < 1.29 is 19.4 Å². The molecule has 0 fully saturated rings. The van der Waals surface area contributed by atoms with Gasteiger partial charge in [-0.1, -0.05) is 13.5 Å². The van der Waals surface area contributed by atoms with Gasteiger partial charge >= 0.3 is 5.97 Å². The van der Waals surface area contributed by atoms with Crippen LogP contribution in [-0.4, -0.2) is 33.0 Å². The molecule has 0 aliphatic rings. The smallest absolute Gasteiger partial charge is 0.330 e. The molecule has 0 radical (unpaired) electrons. The summed E-state index contributed by atoms with van der Waals surface area (Å²) in [7, 11) is 0. The third-order valence-electron chi connectivity index (χ3n) is 3.93. The van der Waals surface area contributed by atoms with Crippen molar-refractivity contribution in [1.82, 2.24) is 0 Å². The average molecular weight is 302 g/mol. The molecule has 0 spiro atoms. The van der Waals surface area contributed by atoms with Gasteiger partial charge in [0.05, 0.1) is 0 Å². The van der Waals surface area contributed by atoms with E-state index < -0.39 is 38.9 Å². The van der Waals surface area contributed by atoms with Crippen LogP contribution in [0.5, 0.6) is 0 Å². The maximum atomic E-state index is 11.4. The SMILES string of the molecule is C=CC(=O)OC(CC(C)C(C)(C)[N+](=O)[O-])C(C)(C)[N+](=O)[O-]. The largest absolute Gasteiger partial charge is 0.452 e. The maximum absolute atomic E-state index is 11.4. The summed E-state index contributed by atoms with van der Waals surface area (Å²) in [4.78, 5) is 32.6. The normalized spacial score (nSPS) is 14.9. The van der Waals surface area contributed by atoms with Crippen molar-refractivity contribution in [3.05, 3.63) is 32.9 Å². The minimum atomic E-state index is -1.56. The van der Waals surface area contributed by atoms with E-state index in [2.05, 4.69) is 6.58 Å². The Balaban J connectivity index is 5.34. The number of ether oxygens (including phenoxy) is 1. The summed E-state index contributed by atoms with van der Waals surface area (Å²) in [6.45, 7) is 10.4. The second kappa shape index (κ2) is 6.64. The van der Waals surface area contributed by atoms with Crippen LogP contribution in [0.4, 0.5) is 0 Å². The summed E-state index contributed by atoms with van der Waals surface area (Å²) in [5.41, 5.74) is -2.84. The quantitative estimate of drug-likeness (QED) is 0.294. The van der Waals surface area contributed by atoms with Crippen molar-refractivity contribution in [1.29, 1.82) is 0 Å². The molecule has 2 unspecified atom stereocenters. The monoisotopic (exact) mass is 302 g/mol. The van der Waals surface area contributed by atoms with E-state index in [0.29, 0.717) is 0 Å². The second-order valence-corrected chi connectivity index (χ2v) is 6.09. The van der Waals surface area contributed by atoms with Gasteiger partial charge in [-0.05, 0) is 0 Å². The molecular weight excluding hydrogens is 280 g/mol. The van der Waals surface area contributed by atoms with Crippen LogP contribution >= 0.6 is 0 Å². The molecule has 8 nitrogen and oxygen atoms in total. The first-order valence-electron chi connectivity index (χ1n) is 6.49. The van der Waals surface area contributed by atoms with Crippen LogP contribution in [0.25, 0.3) is 0 Å². The molecule has 0 heterocycles. The molecule has 0 bridgehead atoms. The fraction of sp³-hybridized carbons (Fsp3) is 0.769. The second-order valence-electron chi connectivity index (χ2n) is 6.09. The predicted octanol–water partition coefficient (Wildman–Crippen LogP) is 2.22. The molecule has 0 N–H and O–H groups in total. The van der Waals surface area contributed by atoms with E-state index >= 15 is 0 Å². The Morgan fingerprint density at radius 3 is 1.95 bits per heavy atom. The van der Waals surface area contributed by atoms with Crippen LogP contribution in [0.3, 0.4) is 0 Å². The number of carbonyl (C=O) groups excluding carboxylic acids is 1. The lowest BCUT2D eigenvalue weighted by Gasteiger charge is -2.31. The summed E-state index contributed by atoms with van der Waals surface area (Å²) in [5, 5.41) is 22.2. The van der Waals surface area contributed by atoms with Gasteiger partial charge in [0.1, 0.15) is 0 Å². The summed E-state index contributed by atoms with van der Waals surface area (Å²) >= 11 is 0. The van der Waals surface area contributed by atoms with E-state index in [9.17, 15) is 25.0 Å². The highest BCUT2D eigenvalue weighted by Gasteiger charge is 2.48. The van der Waals surface area contributed by atoms with Crippen molar-refractivity contribution >= 4 is 5.97 Å². The Hall–Kier alpha value is -1.99. The highest BCUT2D eigenvalue weighted by Crippen LogP contribution is 2.30. The van der Waals surface area contributed by atoms with Gasteiger partial charge in [-0.25, -0.2) is 4.79 Å². The van der Waals surface area contributed by atoms with Crippen LogP contribution in [0, 0.1) is 26.1 Å². The molecule has 0 aliphatic carbocycles. The van der Waals surface area contributed by atoms with Gasteiger partial charge in [-0.15, -0.1) is 0 Å². The molecule has 0 amide bonds. The van der Waals surface area contributed by atoms with Gasteiger partial charge in [0.25, 0.3) is 5.54 Å². The lowest BCUT2D eigenvalue weighted by atomic mass is 9.81. The first-order valence-corrected chi connectivity index (χ1v) is 6.49. The van der Waals surface area contributed by atoms with E-state index in [1.165, 1.54) is 27.7 Å². The van der Waals surface area contributed by atoms with Crippen molar-refractivity contribution in [2.24, 2.45) is 5.92 Å². The average Bonchev–Trinajstić information content (AvgIpc) is 2.36. The molecule has 0 saturated heterocycles. The van der Waals surface area contributed by atoms with Gasteiger partial charge in [0.2, 0.25) is 5.54 Å². The van der Waals surface area contributed by atoms with Gasteiger partial charge in [-0.2, -0.15) is 0 Å². The van der Waals surface area contributed by atoms with Gasteiger partial charge in [-0.3, -0.25) is 20.2 Å². The van der Waals surface area contributed by atoms with E-state index in [-0.39, 0.29) is 6.42 Å². The molecule has 0 aliphatic heterocycles. The highest BCUT2D eigenvalue weighted by molar-refractivity contribution is 5.81. The Morgan fingerprint density at radius 2 is 1.62 bits per heavy atom.